The number of anilines is 1. The highest BCUT2D eigenvalue weighted by molar-refractivity contribution is 7.11. The van der Waals surface area contributed by atoms with E-state index in [1.807, 2.05) is 19.2 Å². The Bertz CT molecular complexity index is 368. The van der Waals surface area contributed by atoms with Crippen molar-refractivity contribution in [2.24, 2.45) is 0 Å². The summed E-state index contributed by atoms with van der Waals surface area (Å²) in [6.07, 6.45) is 1.75. The highest BCUT2D eigenvalue weighted by atomic mass is 32.1. The second kappa shape index (κ2) is 2.47. The molecule has 56 valence electrons. The molecule has 0 aliphatic rings. The van der Waals surface area contributed by atoms with Gasteiger partial charge < -0.3 is 5.32 Å². The molecule has 0 atom stereocenters. The molecule has 0 aromatic carbocycles. The summed E-state index contributed by atoms with van der Waals surface area (Å²) in [5.74, 6) is 0. The Balaban J connectivity index is 2.76. The summed E-state index contributed by atoms with van der Waals surface area (Å²) in [6, 6.07) is 3.93. The van der Waals surface area contributed by atoms with Crippen LogP contribution in [0.15, 0.2) is 18.3 Å². The molecule has 2 rings (SSSR count). The third-order valence-corrected chi connectivity index (χ3v) is 2.35. The number of pyridine rings is 1. The molecule has 2 aromatic rings. The molecular formula is C7H7N3S. The van der Waals surface area contributed by atoms with Crippen molar-refractivity contribution in [1.29, 1.82) is 0 Å². The molecule has 0 radical (unpaired) electrons. The minimum absolute atomic E-state index is 0.821. The van der Waals surface area contributed by atoms with Crippen LogP contribution in [0.2, 0.25) is 0 Å². The predicted molar refractivity (Wildman–Crippen MR) is 47.0 cm³/mol. The quantitative estimate of drug-likeness (QED) is 0.699. The van der Waals surface area contributed by atoms with Crippen molar-refractivity contribution in [1.82, 2.24) is 9.36 Å². The molecule has 0 fully saturated rings. The van der Waals surface area contributed by atoms with Crippen molar-refractivity contribution in [2.45, 2.75) is 0 Å². The average Bonchev–Trinajstić information content (AvgIpc) is 2.47. The van der Waals surface area contributed by atoms with E-state index in [9.17, 15) is 0 Å². The van der Waals surface area contributed by atoms with E-state index in [0.717, 1.165) is 16.0 Å². The van der Waals surface area contributed by atoms with Gasteiger partial charge in [-0.15, -0.1) is 0 Å². The highest BCUT2D eigenvalue weighted by Crippen LogP contribution is 2.24. The molecule has 0 unspecified atom stereocenters. The summed E-state index contributed by atoms with van der Waals surface area (Å²) >= 11 is 1.44. The Morgan fingerprint density at radius 1 is 1.55 bits per heavy atom. The topological polar surface area (TPSA) is 37.8 Å². The van der Waals surface area contributed by atoms with E-state index < -0.39 is 0 Å². The second-order valence-electron chi connectivity index (χ2n) is 2.14. The fourth-order valence-corrected chi connectivity index (χ4v) is 1.64. The zero-order valence-electron chi connectivity index (χ0n) is 6.03. The molecule has 2 aromatic heterocycles. The minimum atomic E-state index is 0.821. The molecule has 0 amide bonds. The van der Waals surface area contributed by atoms with Crippen molar-refractivity contribution >= 4 is 27.6 Å². The molecule has 0 saturated heterocycles. The molecule has 11 heavy (non-hydrogen) atoms. The van der Waals surface area contributed by atoms with Gasteiger partial charge in [0.15, 0.2) is 5.65 Å². The molecule has 0 aliphatic heterocycles. The van der Waals surface area contributed by atoms with Crippen LogP contribution in [0.4, 0.5) is 5.00 Å². The first kappa shape index (κ1) is 6.54. The van der Waals surface area contributed by atoms with Crippen molar-refractivity contribution in [3.63, 3.8) is 0 Å². The SMILES string of the molecule is CNc1snc2ncccc12. The maximum atomic E-state index is 4.16. The monoisotopic (exact) mass is 165 g/mol. The van der Waals surface area contributed by atoms with Crippen molar-refractivity contribution in [3.8, 4) is 0 Å². The van der Waals surface area contributed by atoms with Crippen LogP contribution < -0.4 is 5.32 Å². The van der Waals surface area contributed by atoms with Crippen LogP contribution in [0.5, 0.6) is 0 Å². The van der Waals surface area contributed by atoms with Crippen molar-refractivity contribution in [3.05, 3.63) is 18.3 Å². The first-order chi connectivity index (χ1) is 5.42. The maximum absolute atomic E-state index is 4.16. The molecule has 2 heterocycles. The lowest BCUT2D eigenvalue weighted by molar-refractivity contribution is 1.37. The summed E-state index contributed by atoms with van der Waals surface area (Å²) in [7, 11) is 1.89. The number of aromatic nitrogens is 2. The number of nitrogens with one attached hydrogen (secondary N) is 1. The molecular weight excluding hydrogens is 158 g/mol. The molecule has 0 saturated carbocycles. The molecule has 1 N–H and O–H groups in total. The number of nitrogens with zero attached hydrogens (tertiary/aromatic N) is 2. The number of hydrogen-bond acceptors (Lipinski definition) is 4. The van der Waals surface area contributed by atoms with Crippen molar-refractivity contribution < 1.29 is 0 Å². The zero-order valence-corrected chi connectivity index (χ0v) is 6.85. The summed E-state index contributed by atoms with van der Waals surface area (Å²) in [4.78, 5) is 4.11. The highest BCUT2D eigenvalue weighted by Gasteiger charge is 2.02. The van der Waals surface area contributed by atoms with Gasteiger partial charge in [0.05, 0.1) is 5.39 Å². The van der Waals surface area contributed by atoms with E-state index in [2.05, 4.69) is 14.7 Å². The molecule has 0 spiro atoms. The van der Waals surface area contributed by atoms with Gasteiger partial charge in [-0.3, -0.25) is 0 Å². The molecule has 3 nitrogen and oxygen atoms in total. The third kappa shape index (κ3) is 0.952. The first-order valence-corrected chi connectivity index (χ1v) is 4.07. The van der Waals surface area contributed by atoms with Gasteiger partial charge in [0.2, 0.25) is 0 Å². The van der Waals surface area contributed by atoms with E-state index in [1.165, 1.54) is 11.5 Å². The zero-order chi connectivity index (χ0) is 7.68. The average molecular weight is 165 g/mol. The van der Waals surface area contributed by atoms with Gasteiger partial charge in [0.25, 0.3) is 0 Å². The first-order valence-electron chi connectivity index (χ1n) is 3.30. The van der Waals surface area contributed by atoms with E-state index >= 15 is 0 Å². The van der Waals surface area contributed by atoms with Gasteiger partial charge in [-0.1, -0.05) is 0 Å². The Labute approximate surface area is 68.2 Å². The lowest BCUT2D eigenvalue weighted by Gasteiger charge is -1.91. The Morgan fingerprint density at radius 3 is 3.27 bits per heavy atom. The summed E-state index contributed by atoms with van der Waals surface area (Å²) in [5.41, 5.74) is 0.821. The minimum Gasteiger partial charge on any atom is -0.378 e. The predicted octanol–water partition coefficient (Wildman–Crippen LogP) is 1.73. The van der Waals surface area contributed by atoms with Gasteiger partial charge in [-0.05, 0) is 23.7 Å². The standard InChI is InChI=1S/C7H7N3S/c1-8-7-5-3-2-4-9-6(5)10-11-7/h2-4,8H,1H3. The van der Waals surface area contributed by atoms with Crippen LogP contribution in [-0.4, -0.2) is 16.4 Å². The summed E-state index contributed by atoms with van der Waals surface area (Å²) in [6.45, 7) is 0. The number of rotatable bonds is 1. The summed E-state index contributed by atoms with van der Waals surface area (Å²) < 4.78 is 4.16. The van der Waals surface area contributed by atoms with E-state index in [1.54, 1.807) is 6.20 Å². The van der Waals surface area contributed by atoms with Crippen LogP contribution in [0, 0.1) is 0 Å². The van der Waals surface area contributed by atoms with E-state index in [0.29, 0.717) is 0 Å². The summed E-state index contributed by atoms with van der Waals surface area (Å²) in [5, 5.41) is 5.24. The molecule has 4 heteroatoms. The van der Waals surface area contributed by atoms with Crippen LogP contribution in [0.3, 0.4) is 0 Å². The number of hydrogen-bond donors (Lipinski definition) is 1. The van der Waals surface area contributed by atoms with Crippen LogP contribution >= 0.6 is 11.5 Å². The van der Waals surface area contributed by atoms with Crippen LogP contribution in [0.25, 0.3) is 11.0 Å². The van der Waals surface area contributed by atoms with Gasteiger partial charge in [-0.25, -0.2) is 4.98 Å². The third-order valence-electron chi connectivity index (χ3n) is 1.48. The lowest BCUT2D eigenvalue weighted by atomic mass is 10.3. The Kier molecular flexibility index (Phi) is 1.47. The fourth-order valence-electron chi connectivity index (χ4n) is 0.965. The molecule has 0 aliphatic carbocycles. The fraction of sp³-hybridized carbons (Fsp3) is 0.143. The van der Waals surface area contributed by atoms with Gasteiger partial charge in [-0.2, -0.15) is 4.37 Å². The normalized spacial score (nSPS) is 10.3. The van der Waals surface area contributed by atoms with Gasteiger partial charge in [0, 0.05) is 13.2 Å². The van der Waals surface area contributed by atoms with E-state index in [4.69, 9.17) is 0 Å². The largest absolute Gasteiger partial charge is 0.378 e. The van der Waals surface area contributed by atoms with E-state index in [-0.39, 0.29) is 0 Å². The molecule has 0 bridgehead atoms. The van der Waals surface area contributed by atoms with Gasteiger partial charge in [0.1, 0.15) is 5.00 Å². The second-order valence-corrected chi connectivity index (χ2v) is 2.91. The smallest absolute Gasteiger partial charge is 0.174 e. The number of fused-ring (bicyclic) bond motifs is 1. The Hall–Kier alpha value is -1.16. The van der Waals surface area contributed by atoms with Crippen LogP contribution in [-0.2, 0) is 0 Å². The van der Waals surface area contributed by atoms with Crippen LogP contribution in [0.1, 0.15) is 0 Å². The lowest BCUT2D eigenvalue weighted by Crippen LogP contribution is -1.83. The Morgan fingerprint density at radius 2 is 2.45 bits per heavy atom. The van der Waals surface area contributed by atoms with Gasteiger partial charge >= 0.3 is 0 Å². The van der Waals surface area contributed by atoms with Crippen molar-refractivity contribution in [2.75, 3.05) is 12.4 Å². The maximum Gasteiger partial charge on any atom is 0.174 e.